The number of hydrazine groups is 1. The van der Waals surface area contributed by atoms with Gasteiger partial charge in [-0.2, -0.15) is 5.10 Å². The monoisotopic (exact) mass is 265 g/mol. The number of benzene rings is 1. The van der Waals surface area contributed by atoms with Crippen molar-refractivity contribution in [3.8, 4) is 0 Å². The van der Waals surface area contributed by atoms with Gasteiger partial charge in [0, 0.05) is 11.8 Å². The number of carbonyl (C=O) groups is 1. The fourth-order valence-corrected chi connectivity index (χ4v) is 1.40. The highest BCUT2D eigenvalue weighted by Crippen LogP contribution is 2.20. The van der Waals surface area contributed by atoms with Crippen LogP contribution in [0.25, 0.3) is 0 Å². The van der Waals surface area contributed by atoms with Gasteiger partial charge >= 0.3 is 0 Å². The maximum atomic E-state index is 13.4. The van der Waals surface area contributed by atoms with Gasteiger partial charge in [0.05, 0.1) is 0 Å². The molecule has 2 aromatic rings. The van der Waals surface area contributed by atoms with Crippen molar-refractivity contribution in [3.05, 3.63) is 47.7 Å². The van der Waals surface area contributed by atoms with Gasteiger partial charge < -0.3 is 10.7 Å². The van der Waals surface area contributed by atoms with Gasteiger partial charge in [-0.05, 0) is 24.3 Å². The van der Waals surface area contributed by atoms with Gasteiger partial charge in [-0.25, -0.2) is 8.78 Å². The molecule has 0 fully saturated rings. The highest BCUT2D eigenvalue weighted by atomic mass is 19.1. The van der Waals surface area contributed by atoms with Gasteiger partial charge in [-0.15, -0.1) is 5.10 Å². The zero-order valence-electron chi connectivity index (χ0n) is 9.52. The van der Waals surface area contributed by atoms with E-state index in [4.69, 9.17) is 5.84 Å². The van der Waals surface area contributed by atoms with Gasteiger partial charge in [-0.3, -0.25) is 10.6 Å². The molecule has 0 radical (unpaired) electrons. The highest BCUT2D eigenvalue weighted by molar-refractivity contribution is 6.03. The molecule has 6 nitrogen and oxygen atoms in total. The van der Waals surface area contributed by atoms with Crippen molar-refractivity contribution in [1.82, 2.24) is 10.2 Å². The summed E-state index contributed by atoms with van der Waals surface area (Å²) in [5.41, 5.74) is 1.18. The predicted molar refractivity (Wildman–Crippen MR) is 64.2 cm³/mol. The molecular weight excluding hydrogens is 256 g/mol. The normalized spacial score (nSPS) is 10.1. The summed E-state index contributed by atoms with van der Waals surface area (Å²) in [5, 5.41) is 9.53. The van der Waals surface area contributed by atoms with E-state index < -0.39 is 23.2 Å². The molecule has 4 N–H and O–H groups in total. The van der Waals surface area contributed by atoms with Gasteiger partial charge in [-0.1, -0.05) is 0 Å². The lowest BCUT2D eigenvalue weighted by molar-refractivity contribution is 0.102. The molecule has 0 aliphatic carbocycles. The number of hydrogen-bond donors (Lipinski definition) is 3. The lowest BCUT2D eigenvalue weighted by atomic mass is 10.1. The number of nitrogens with two attached hydrogens (primary N) is 1. The molecule has 1 heterocycles. The molecule has 19 heavy (non-hydrogen) atoms. The first kappa shape index (κ1) is 12.8. The SMILES string of the molecule is NNc1c(F)cc(C(=O)Nc2cccnn2)cc1F. The van der Waals surface area contributed by atoms with Crippen LogP contribution in [0.5, 0.6) is 0 Å². The van der Waals surface area contributed by atoms with Crippen molar-refractivity contribution in [1.29, 1.82) is 0 Å². The maximum absolute atomic E-state index is 13.4. The van der Waals surface area contributed by atoms with Crippen LogP contribution in [0, 0.1) is 11.6 Å². The molecule has 0 atom stereocenters. The standard InChI is InChI=1S/C11H9F2N5O/c12-7-4-6(5-8(13)10(7)17-14)11(19)16-9-2-1-3-15-18-9/h1-5,17H,14H2,(H,16,18,19). The van der Waals surface area contributed by atoms with E-state index in [0.717, 1.165) is 12.1 Å². The molecule has 0 bridgehead atoms. The van der Waals surface area contributed by atoms with E-state index in [1.54, 1.807) is 6.07 Å². The number of carbonyl (C=O) groups excluding carboxylic acids is 1. The maximum Gasteiger partial charge on any atom is 0.257 e. The van der Waals surface area contributed by atoms with E-state index in [0.29, 0.717) is 0 Å². The average Bonchev–Trinajstić information content (AvgIpc) is 2.39. The van der Waals surface area contributed by atoms with E-state index >= 15 is 0 Å². The number of halogens is 2. The van der Waals surface area contributed by atoms with Gasteiger partial charge in [0.15, 0.2) is 17.5 Å². The molecule has 0 saturated carbocycles. The number of anilines is 2. The van der Waals surface area contributed by atoms with Crippen LogP contribution >= 0.6 is 0 Å². The Hall–Kier alpha value is -2.61. The zero-order valence-corrected chi connectivity index (χ0v) is 9.52. The average molecular weight is 265 g/mol. The Morgan fingerprint density at radius 3 is 2.47 bits per heavy atom. The summed E-state index contributed by atoms with van der Waals surface area (Å²) >= 11 is 0. The van der Waals surface area contributed by atoms with Crippen LogP contribution in [0.2, 0.25) is 0 Å². The predicted octanol–water partition coefficient (Wildman–Crippen LogP) is 1.29. The molecule has 1 amide bonds. The number of aromatic nitrogens is 2. The van der Waals surface area contributed by atoms with Crippen molar-refractivity contribution in [2.75, 3.05) is 10.7 Å². The molecule has 2 rings (SSSR count). The van der Waals surface area contributed by atoms with E-state index in [9.17, 15) is 13.6 Å². The van der Waals surface area contributed by atoms with Crippen LogP contribution in [0.15, 0.2) is 30.5 Å². The summed E-state index contributed by atoms with van der Waals surface area (Å²) in [6, 6.07) is 4.78. The number of rotatable bonds is 3. The Labute approximate surface area is 106 Å². The minimum Gasteiger partial charge on any atom is -0.319 e. The number of amides is 1. The molecular formula is C11H9F2N5O. The largest absolute Gasteiger partial charge is 0.319 e. The highest BCUT2D eigenvalue weighted by Gasteiger charge is 2.15. The van der Waals surface area contributed by atoms with E-state index in [2.05, 4.69) is 15.5 Å². The first-order valence-corrected chi connectivity index (χ1v) is 5.16. The van der Waals surface area contributed by atoms with Crippen molar-refractivity contribution in [3.63, 3.8) is 0 Å². The fourth-order valence-electron chi connectivity index (χ4n) is 1.40. The molecule has 0 aliphatic heterocycles. The van der Waals surface area contributed by atoms with Crippen LogP contribution in [-0.4, -0.2) is 16.1 Å². The Bertz CT molecular complexity index is 582. The van der Waals surface area contributed by atoms with Crippen LogP contribution < -0.4 is 16.6 Å². The Balaban J connectivity index is 2.25. The zero-order chi connectivity index (χ0) is 13.8. The van der Waals surface area contributed by atoms with Gasteiger partial charge in [0.2, 0.25) is 0 Å². The fraction of sp³-hybridized carbons (Fsp3) is 0. The molecule has 0 saturated heterocycles. The number of hydrogen-bond acceptors (Lipinski definition) is 5. The van der Waals surface area contributed by atoms with Crippen LogP contribution in [0.3, 0.4) is 0 Å². The molecule has 98 valence electrons. The minimum absolute atomic E-state index is 0.175. The topological polar surface area (TPSA) is 92.9 Å². The van der Waals surface area contributed by atoms with Crippen molar-refractivity contribution in [2.45, 2.75) is 0 Å². The molecule has 8 heteroatoms. The molecule has 0 unspecified atom stereocenters. The van der Waals surface area contributed by atoms with Crippen LogP contribution in [0.1, 0.15) is 10.4 Å². The minimum atomic E-state index is -0.966. The van der Waals surface area contributed by atoms with Gasteiger partial charge in [0.1, 0.15) is 5.69 Å². The Morgan fingerprint density at radius 1 is 1.26 bits per heavy atom. The lowest BCUT2D eigenvalue weighted by Crippen LogP contribution is -2.16. The van der Waals surface area contributed by atoms with Crippen molar-refractivity contribution >= 4 is 17.4 Å². The number of nitrogens with zero attached hydrogens (tertiary/aromatic N) is 2. The molecule has 1 aromatic heterocycles. The summed E-state index contributed by atoms with van der Waals surface area (Å²) in [4.78, 5) is 11.8. The first-order chi connectivity index (χ1) is 9.11. The second kappa shape index (κ2) is 5.36. The molecule has 0 aliphatic rings. The quantitative estimate of drug-likeness (QED) is 0.574. The summed E-state index contributed by atoms with van der Waals surface area (Å²) in [7, 11) is 0. The van der Waals surface area contributed by atoms with Gasteiger partial charge in [0.25, 0.3) is 5.91 Å². The third-order valence-electron chi connectivity index (χ3n) is 2.26. The van der Waals surface area contributed by atoms with E-state index in [1.165, 1.54) is 12.3 Å². The lowest BCUT2D eigenvalue weighted by Gasteiger charge is -2.07. The second-order valence-corrected chi connectivity index (χ2v) is 3.52. The Morgan fingerprint density at radius 2 is 1.95 bits per heavy atom. The smallest absolute Gasteiger partial charge is 0.257 e. The number of nitrogen functional groups attached to an aromatic ring is 1. The van der Waals surface area contributed by atoms with E-state index in [1.807, 2.05) is 5.43 Å². The summed E-state index contributed by atoms with van der Waals surface area (Å²) in [6.45, 7) is 0. The first-order valence-electron chi connectivity index (χ1n) is 5.16. The van der Waals surface area contributed by atoms with E-state index in [-0.39, 0.29) is 11.4 Å². The third kappa shape index (κ3) is 2.80. The van der Waals surface area contributed by atoms with Crippen LogP contribution in [-0.2, 0) is 0 Å². The summed E-state index contributed by atoms with van der Waals surface area (Å²) in [5.74, 6) is 2.49. The third-order valence-corrected chi connectivity index (χ3v) is 2.26. The van der Waals surface area contributed by atoms with Crippen molar-refractivity contribution in [2.24, 2.45) is 5.84 Å². The molecule has 0 spiro atoms. The summed E-state index contributed by atoms with van der Waals surface area (Å²) in [6.07, 6.45) is 1.43. The number of nitrogens with one attached hydrogen (secondary N) is 2. The second-order valence-electron chi connectivity index (χ2n) is 3.52. The summed E-state index contributed by atoms with van der Waals surface area (Å²) < 4.78 is 26.8. The Kier molecular flexibility index (Phi) is 3.62. The molecule has 1 aromatic carbocycles. The van der Waals surface area contributed by atoms with Crippen molar-refractivity contribution < 1.29 is 13.6 Å². The van der Waals surface area contributed by atoms with Crippen LogP contribution in [0.4, 0.5) is 20.3 Å².